The summed E-state index contributed by atoms with van der Waals surface area (Å²) in [5, 5.41) is 6.36. The van der Waals surface area contributed by atoms with Gasteiger partial charge in [-0.2, -0.15) is 5.10 Å². The van der Waals surface area contributed by atoms with Crippen molar-refractivity contribution >= 4 is 24.0 Å². The molecule has 2 aromatic carbocycles. The Morgan fingerprint density at radius 3 is 2.36 bits per heavy atom. The minimum Gasteiger partial charge on any atom is -0.482 e. The summed E-state index contributed by atoms with van der Waals surface area (Å²) >= 11 is 0. The van der Waals surface area contributed by atoms with Crippen molar-refractivity contribution in [3.63, 3.8) is 0 Å². The van der Waals surface area contributed by atoms with Gasteiger partial charge in [0.25, 0.3) is 0 Å². The number of nitrogens with zero attached hydrogens (tertiary/aromatic N) is 1. The molecule has 28 heavy (non-hydrogen) atoms. The predicted octanol–water partition coefficient (Wildman–Crippen LogP) is 1.57. The number of ether oxygens (including phenoxy) is 2. The summed E-state index contributed by atoms with van der Waals surface area (Å²) in [5.41, 5.74) is 3.74. The van der Waals surface area contributed by atoms with Gasteiger partial charge in [0.2, 0.25) is 0 Å². The van der Waals surface area contributed by atoms with Crippen LogP contribution in [0.5, 0.6) is 5.75 Å². The number of esters is 1. The zero-order chi connectivity index (χ0) is 20.4. The van der Waals surface area contributed by atoms with E-state index >= 15 is 0 Å². The molecule has 0 aromatic heterocycles. The van der Waals surface area contributed by atoms with Gasteiger partial charge in [-0.15, -0.1) is 0 Å². The van der Waals surface area contributed by atoms with Crippen LogP contribution in [0.4, 0.5) is 0 Å². The summed E-state index contributed by atoms with van der Waals surface area (Å²) in [6.45, 7) is 1.60. The monoisotopic (exact) mass is 383 g/mol. The van der Waals surface area contributed by atoms with E-state index in [2.05, 4.69) is 20.6 Å². The van der Waals surface area contributed by atoms with Gasteiger partial charge in [0, 0.05) is 0 Å². The number of methoxy groups -OCH3 is 1. The van der Waals surface area contributed by atoms with Gasteiger partial charge in [-0.25, -0.2) is 10.2 Å². The van der Waals surface area contributed by atoms with Crippen LogP contribution in [0.3, 0.4) is 0 Å². The first-order valence-electron chi connectivity index (χ1n) is 8.48. The lowest BCUT2D eigenvalue weighted by atomic mass is 10.1. The molecule has 146 valence electrons. The second kappa shape index (κ2) is 10.5. The Hall–Kier alpha value is -3.68. The maximum atomic E-state index is 11.9. The van der Waals surface area contributed by atoms with E-state index in [4.69, 9.17) is 4.74 Å². The van der Waals surface area contributed by atoms with Crippen molar-refractivity contribution in [2.75, 3.05) is 13.7 Å². The fourth-order valence-corrected chi connectivity index (χ4v) is 2.15. The van der Waals surface area contributed by atoms with Crippen LogP contribution in [0.1, 0.15) is 24.1 Å². The molecule has 0 fully saturated rings. The number of amides is 2. The number of rotatable bonds is 7. The van der Waals surface area contributed by atoms with Crippen LogP contribution in [-0.4, -0.2) is 37.7 Å². The third-order valence-electron chi connectivity index (χ3n) is 3.70. The molecular weight excluding hydrogens is 362 g/mol. The largest absolute Gasteiger partial charge is 0.482 e. The van der Waals surface area contributed by atoms with Crippen molar-refractivity contribution in [3.8, 4) is 5.75 Å². The molecule has 0 saturated carbocycles. The first-order chi connectivity index (χ1) is 13.5. The number of carbonyl (C=O) groups excluding carboxylic acids is 3. The molecule has 0 aliphatic rings. The molecule has 0 heterocycles. The molecular formula is C20H21N3O5. The van der Waals surface area contributed by atoms with Gasteiger partial charge in [-0.3, -0.25) is 9.59 Å². The van der Waals surface area contributed by atoms with Gasteiger partial charge in [0.15, 0.2) is 6.61 Å². The highest BCUT2D eigenvalue weighted by Crippen LogP contribution is 2.11. The third kappa shape index (κ3) is 6.56. The van der Waals surface area contributed by atoms with Crippen molar-refractivity contribution in [3.05, 3.63) is 65.7 Å². The molecule has 8 nitrogen and oxygen atoms in total. The van der Waals surface area contributed by atoms with E-state index in [1.54, 1.807) is 31.2 Å². The van der Waals surface area contributed by atoms with Gasteiger partial charge in [0.1, 0.15) is 5.75 Å². The molecule has 0 aliphatic heterocycles. The lowest BCUT2D eigenvalue weighted by Gasteiger charge is -2.13. The highest BCUT2D eigenvalue weighted by molar-refractivity contribution is 6.35. The quantitative estimate of drug-likeness (QED) is 0.327. The molecule has 0 saturated heterocycles. The summed E-state index contributed by atoms with van der Waals surface area (Å²) in [6, 6.07) is 15.6. The van der Waals surface area contributed by atoms with Crippen molar-refractivity contribution in [2.24, 2.45) is 5.10 Å². The van der Waals surface area contributed by atoms with E-state index in [9.17, 15) is 14.4 Å². The van der Waals surface area contributed by atoms with E-state index in [0.717, 1.165) is 5.56 Å². The van der Waals surface area contributed by atoms with Crippen LogP contribution in [0.25, 0.3) is 0 Å². The average Bonchev–Trinajstić information content (AvgIpc) is 2.73. The molecule has 0 unspecified atom stereocenters. The van der Waals surface area contributed by atoms with Gasteiger partial charge in [0.05, 0.1) is 19.4 Å². The second-order valence-electron chi connectivity index (χ2n) is 5.74. The summed E-state index contributed by atoms with van der Waals surface area (Å²) in [5.74, 6) is -1.63. The molecule has 0 aliphatic carbocycles. The van der Waals surface area contributed by atoms with E-state index in [1.807, 2.05) is 30.3 Å². The summed E-state index contributed by atoms with van der Waals surface area (Å²) in [6.07, 6.45) is 1.38. The molecule has 0 spiro atoms. The fraction of sp³-hybridized carbons (Fsp3) is 0.200. The molecule has 1 atom stereocenters. The molecule has 2 amide bonds. The normalized spacial score (nSPS) is 11.5. The zero-order valence-electron chi connectivity index (χ0n) is 15.5. The SMILES string of the molecule is COC(=O)COc1ccc(/C=N\NC(=O)C(=O)N[C@H](C)c2ccccc2)cc1. The number of hydrogen-bond donors (Lipinski definition) is 2. The van der Waals surface area contributed by atoms with Gasteiger partial charge < -0.3 is 14.8 Å². The molecule has 0 radical (unpaired) electrons. The van der Waals surface area contributed by atoms with Gasteiger partial charge in [-0.1, -0.05) is 30.3 Å². The first kappa shape index (κ1) is 20.6. The standard InChI is InChI=1S/C20H21N3O5/c1-14(16-6-4-3-5-7-16)22-19(25)20(26)23-21-12-15-8-10-17(11-9-15)28-13-18(24)27-2/h3-12,14H,13H2,1-2H3,(H,22,25)(H,23,26)/b21-12-/t14-/m1/s1. The maximum absolute atomic E-state index is 11.9. The minimum atomic E-state index is -0.864. The molecule has 0 bridgehead atoms. The van der Waals surface area contributed by atoms with Crippen LogP contribution in [0, 0.1) is 0 Å². The zero-order valence-corrected chi connectivity index (χ0v) is 15.5. The maximum Gasteiger partial charge on any atom is 0.343 e. The van der Waals surface area contributed by atoms with Crippen LogP contribution in [0.15, 0.2) is 59.7 Å². The number of hydrazone groups is 1. The Kier molecular flexibility index (Phi) is 7.71. The van der Waals surface area contributed by atoms with Crippen LogP contribution in [0.2, 0.25) is 0 Å². The summed E-state index contributed by atoms with van der Waals surface area (Å²) in [4.78, 5) is 34.8. The van der Waals surface area contributed by atoms with E-state index in [-0.39, 0.29) is 12.6 Å². The second-order valence-corrected chi connectivity index (χ2v) is 5.74. The molecule has 8 heteroatoms. The summed E-state index contributed by atoms with van der Waals surface area (Å²) < 4.78 is 9.70. The highest BCUT2D eigenvalue weighted by Gasteiger charge is 2.16. The lowest BCUT2D eigenvalue weighted by molar-refractivity contribution is -0.142. The number of nitrogens with one attached hydrogen (secondary N) is 2. The third-order valence-corrected chi connectivity index (χ3v) is 3.70. The van der Waals surface area contributed by atoms with E-state index in [0.29, 0.717) is 11.3 Å². The Balaban J connectivity index is 1.80. The topological polar surface area (TPSA) is 106 Å². The van der Waals surface area contributed by atoms with Gasteiger partial charge in [-0.05, 0) is 42.3 Å². The van der Waals surface area contributed by atoms with Crippen molar-refractivity contribution in [2.45, 2.75) is 13.0 Å². The Labute approximate surface area is 162 Å². The van der Waals surface area contributed by atoms with Gasteiger partial charge >= 0.3 is 17.8 Å². The smallest absolute Gasteiger partial charge is 0.343 e. The van der Waals surface area contributed by atoms with E-state index in [1.165, 1.54) is 13.3 Å². The molecule has 2 N–H and O–H groups in total. The van der Waals surface area contributed by atoms with Crippen molar-refractivity contribution in [1.29, 1.82) is 0 Å². The Bertz CT molecular complexity index is 835. The van der Waals surface area contributed by atoms with Crippen LogP contribution in [-0.2, 0) is 19.1 Å². The van der Waals surface area contributed by atoms with Crippen molar-refractivity contribution in [1.82, 2.24) is 10.7 Å². The number of carbonyl (C=O) groups is 3. The Morgan fingerprint density at radius 2 is 1.71 bits per heavy atom. The fourth-order valence-electron chi connectivity index (χ4n) is 2.15. The Morgan fingerprint density at radius 1 is 1.04 bits per heavy atom. The summed E-state index contributed by atoms with van der Waals surface area (Å²) in [7, 11) is 1.28. The molecule has 2 aromatic rings. The number of hydrogen-bond acceptors (Lipinski definition) is 6. The van der Waals surface area contributed by atoms with E-state index < -0.39 is 17.8 Å². The predicted molar refractivity (Wildman–Crippen MR) is 103 cm³/mol. The minimum absolute atomic E-state index is 0.184. The first-order valence-corrected chi connectivity index (χ1v) is 8.48. The molecule has 2 rings (SSSR count). The van der Waals surface area contributed by atoms with Crippen LogP contribution >= 0.6 is 0 Å². The lowest BCUT2D eigenvalue weighted by Crippen LogP contribution is -2.39. The highest BCUT2D eigenvalue weighted by atomic mass is 16.6. The van der Waals surface area contributed by atoms with Crippen LogP contribution < -0.4 is 15.5 Å². The van der Waals surface area contributed by atoms with Crippen molar-refractivity contribution < 1.29 is 23.9 Å². The average molecular weight is 383 g/mol. The number of benzene rings is 2.